The van der Waals surface area contributed by atoms with Gasteiger partial charge in [0.1, 0.15) is 0 Å². The second-order valence-electron chi connectivity index (χ2n) is 5.21. The van der Waals surface area contributed by atoms with Gasteiger partial charge in [0.15, 0.2) is 0 Å². The molecule has 1 aliphatic rings. The van der Waals surface area contributed by atoms with Gasteiger partial charge in [0.25, 0.3) is 5.69 Å². The van der Waals surface area contributed by atoms with Crippen LogP contribution in [0.3, 0.4) is 0 Å². The summed E-state index contributed by atoms with van der Waals surface area (Å²) in [6, 6.07) is 2.55. The molecule has 0 spiro atoms. The van der Waals surface area contributed by atoms with Crippen LogP contribution in [0.4, 0.5) is 11.4 Å². The van der Waals surface area contributed by atoms with Crippen LogP contribution < -0.4 is 5.32 Å². The zero-order valence-corrected chi connectivity index (χ0v) is 12.0. The number of carboxylic acids is 1. The lowest BCUT2D eigenvalue weighted by Gasteiger charge is -2.16. The Morgan fingerprint density at radius 1 is 1.43 bits per heavy atom. The molecule has 2 N–H and O–H groups in total. The molecule has 114 valence electrons. The number of nitrogens with zero attached hydrogens (tertiary/aromatic N) is 2. The van der Waals surface area contributed by atoms with Gasteiger partial charge >= 0.3 is 5.97 Å². The molecule has 2 rings (SSSR count). The molecule has 1 aromatic carbocycles. The van der Waals surface area contributed by atoms with Crippen molar-refractivity contribution in [3.8, 4) is 0 Å². The van der Waals surface area contributed by atoms with E-state index in [0.29, 0.717) is 17.8 Å². The van der Waals surface area contributed by atoms with E-state index >= 15 is 0 Å². The van der Waals surface area contributed by atoms with Crippen LogP contribution in [0.25, 0.3) is 0 Å². The molecule has 1 saturated heterocycles. The highest BCUT2D eigenvalue weighted by Gasteiger charge is 2.19. The monoisotopic (exact) mass is 293 g/mol. The third kappa shape index (κ3) is 3.69. The van der Waals surface area contributed by atoms with Crippen molar-refractivity contribution >= 4 is 17.3 Å². The Labute approximate surface area is 122 Å². The minimum atomic E-state index is -1.17. The highest BCUT2D eigenvalue weighted by molar-refractivity contribution is 5.90. The number of hydrogen-bond donors (Lipinski definition) is 2. The molecule has 0 radical (unpaired) electrons. The molecule has 0 atom stereocenters. The molecule has 0 bridgehead atoms. The fraction of sp³-hybridized carbons (Fsp3) is 0.500. The van der Waals surface area contributed by atoms with Crippen LogP contribution in [0.15, 0.2) is 12.1 Å². The summed E-state index contributed by atoms with van der Waals surface area (Å²) in [4.78, 5) is 23.8. The third-order valence-electron chi connectivity index (χ3n) is 3.77. The molecule has 1 fully saturated rings. The molecule has 1 aromatic rings. The number of nitro groups is 1. The molecule has 7 nitrogen and oxygen atoms in total. The summed E-state index contributed by atoms with van der Waals surface area (Å²) in [5, 5.41) is 23.2. The van der Waals surface area contributed by atoms with Gasteiger partial charge in [-0.15, -0.1) is 0 Å². The predicted molar refractivity (Wildman–Crippen MR) is 79.0 cm³/mol. The Morgan fingerprint density at radius 3 is 2.67 bits per heavy atom. The van der Waals surface area contributed by atoms with E-state index in [0.717, 1.165) is 25.7 Å². The number of aromatic carboxylic acids is 1. The van der Waals surface area contributed by atoms with Crippen molar-refractivity contribution in [3.05, 3.63) is 33.4 Å². The van der Waals surface area contributed by atoms with Crippen molar-refractivity contribution in [2.45, 2.75) is 19.8 Å². The topological polar surface area (TPSA) is 95.7 Å². The van der Waals surface area contributed by atoms with Crippen molar-refractivity contribution in [3.63, 3.8) is 0 Å². The van der Waals surface area contributed by atoms with Crippen molar-refractivity contribution in [2.75, 3.05) is 31.5 Å². The molecule has 1 aliphatic heterocycles. The second kappa shape index (κ2) is 6.53. The molecule has 0 aliphatic carbocycles. The normalized spacial score (nSPS) is 15.1. The van der Waals surface area contributed by atoms with Crippen molar-refractivity contribution in [2.24, 2.45) is 0 Å². The second-order valence-corrected chi connectivity index (χ2v) is 5.21. The van der Waals surface area contributed by atoms with Gasteiger partial charge in [0.2, 0.25) is 0 Å². The van der Waals surface area contributed by atoms with Crippen molar-refractivity contribution in [1.29, 1.82) is 0 Å². The highest BCUT2D eigenvalue weighted by atomic mass is 16.6. The van der Waals surface area contributed by atoms with Crippen LogP contribution in [0.2, 0.25) is 0 Å². The van der Waals surface area contributed by atoms with Gasteiger partial charge in [-0.05, 0) is 38.9 Å². The Hall–Kier alpha value is -2.15. The van der Waals surface area contributed by atoms with Crippen molar-refractivity contribution in [1.82, 2.24) is 4.90 Å². The maximum atomic E-state index is 11.1. The lowest BCUT2D eigenvalue weighted by Crippen LogP contribution is -2.26. The SMILES string of the molecule is Cc1c(NCCN2CCCC2)cc(C(=O)O)cc1[N+](=O)[O-]. The zero-order valence-electron chi connectivity index (χ0n) is 12.0. The maximum absolute atomic E-state index is 11.1. The van der Waals surface area contributed by atoms with E-state index in [9.17, 15) is 14.9 Å². The van der Waals surface area contributed by atoms with E-state index in [1.807, 2.05) is 0 Å². The third-order valence-corrected chi connectivity index (χ3v) is 3.77. The van der Waals surface area contributed by atoms with Gasteiger partial charge in [-0.1, -0.05) is 0 Å². The fourth-order valence-electron chi connectivity index (χ4n) is 2.55. The number of carbonyl (C=O) groups is 1. The van der Waals surface area contributed by atoms with Crippen LogP contribution >= 0.6 is 0 Å². The van der Waals surface area contributed by atoms with Crippen LogP contribution in [0.1, 0.15) is 28.8 Å². The summed E-state index contributed by atoms with van der Waals surface area (Å²) >= 11 is 0. The zero-order chi connectivity index (χ0) is 15.4. The van der Waals surface area contributed by atoms with E-state index in [2.05, 4.69) is 10.2 Å². The van der Waals surface area contributed by atoms with E-state index in [-0.39, 0.29) is 11.3 Å². The van der Waals surface area contributed by atoms with Gasteiger partial charge in [-0.25, -0.2) is 4.79 Å². The molecule has 0 saturated carbocycles. The van der Waals surface area contributed by atoms with Crippen LogP contribution in [0.5, 0.6) is 0 Å². The van der Waals surface area contributed by atoms with Gasteiger partial charge in [0.05, 0.1) is 10.5 Å². The molecule has 7 heteroatoms. The smallest absolute Gasteiger partial charge is 0.336 e. The molecular formula is C14H19N3O4. The molecule has 21 heavy (non-hydrogen) atoms. The minimum absolute atomic E-state index is 0.0732. The number of rotatable bonds is 6. The van der Waals surface area contributed by atoms with E-state index in [1.54, 1.807) is 6.92 Å². The Bertz CT molecular complexity index is 553. The first-order valence-corrected chi connectivity index (χ1v) is 6.97. The van der Waals surface area contributed by atoms with Gasteiger partial charge < -0.3 is 15.3 Å². The van der Waals surface area contributed by atoms with E-state index in [1.165, 1.54) is 18.9 Å². The van der Waals surface area contributed by atoms with Crippen LogP contribution in [0, 0.1) is 17.0 Å². The molecule has 0 amide bonds. The Morgan fingerprint density at radius 2 is 2.10 bits per heavy atom. The van der Waals surface area contributed by atoms with E-state index in [4.69, 9.17) is 5.11 Å². The van der Waals surface area contributed by atoms with Crippen molar-refractivity contribution < 1.29 is 14.8 Å². The number of hydrogen-bond acceptors (Lipinski definition) is 5. The van der Waals surface area contributed by atoms with Gasteiger partial charge in [-0.2, -0.15) is 0 Å². The number of anilines is 1. The number of nitro benzene ring substituents is 1. The number of likely N-dealkylation sites (tertiary alicyclic amines) is 1. The molecule has 0 unspecified atom stereocenters. The summed E-state index contributed by atoms with van der Waals surface area (Å²) in [5.41, 5.74) is 0.738. The Kier molecular flexibility index (Phi) is 4.74. The number of benzene rings is 1. The molecule has 1 heterocycles. The standard InChI is InChI=1S/C14H19N3O4/c1-10-12(15-4-7-16-5-2-3-6-16)8-11(14(18)19)9-13(10)17(20)21/h8-9,15H,2-7H2,1H3,(H,18,19). The molecular weight excluding hydrogens is 274 g/mol. The lowest BCUT2D eigenvalue weighted by molar-refractivity contribution is -0.385. The first-order chi connectivity index (χ1) is 9.99. The predicted octanol–water partition coefficient (Wildman–Crippen LogP) is 2.11. The first-order valence-electron chi connectivity index (χ1n) is 6.97. The maximum Gasteiger partial charge on any atom is 0.336 e. The number of nitrogens with one attached hydrogen (secondary N) is 1. The Balaban J connectivity index is 2.12. The highest BCUT2D eigenvalue weighted by Crippen LogP contribution is 2.27. The minimum Gasteiger partial charge on any atom is -0.478 e. The summed E-state index contributed by atoms with van der Waals surface area (Å²) < 4.78 is 0. The van der Waals surface area contributed by atoms with Crippen LogP contribution in [-0.2, 0) is 0 Å². The number of carboxylic acid groups (broad SMARTS) is 1. The molecule has 0 aromatic heterocycles. The largest absolute Gasteiger partial charge is 0.478 e. The summed E-state index contributed by atoms with van der Waals surface area (Å²) in [7, 11) is 0. The van der Waals surface area contributed by atoms with Gasteiger partial charge in [0, 0.05) is 30.4 Å². The summed E-state index contributed by atoms with van der Waals surface area (Å²) in [6.45, 7) is 5.28. The summed E-state index contributed by atoms with van der Waals surface area (Å²) in [6.07, 6.45) is 2.41. The van der Waals surface area contributed by atoms with E-state index < -0.39 is 10.9 Å². The average molecular weight is 293 g/mol. The van der Waals surface area contributed by atoms with Crippen LogP contribution in [-0.4, -0.2) is 47.1 Å². The van der Waals surface area contributed by atoms with Gasteiger partial charge in [-0.3, -0.25) is 10.1 Å². The quantitative estimate of drug-likeness (QED) is 0.616. The lowest BCUT2D eigenvalue weighted by atomic mass is 10.1. The first kappa shape index (κ1) is 15.2. The average Bonchev–Trinajstić information content (AvgIpc) is 2.93. The fourth-order valence-corrected chi connectivity index (χ4v) is 2.55. The summed E-state index contributed by atoms with van der Waals surface area (Å²) in [5.74, 6) is -1.17.